The second-order valence-electron chi connectivity index (χ2n) is 6.30. The highest BCUT2D eigenvalue weighted by atomic mass is 35.5. The van der Waals surface area contributed by atoms with Crippen molar-refractivity contribution in [1.82, 2.24) is 10.0 Å². The molecule has 0 unspecified atom stereocenters. The van der Waals surface area contributed by atoms with E-state index in [1.807, 2.05) is 0 Å². The quantitative estimate of drug-likeness (QED) is 0.520. The fourth-order valence-corrected chi connectivity index (χ4v) is 3.49. The molecule has 0 aliphatic carbocycles. The Morgan fingerprint density at radius 3 is 2.50 bits per heavy atom. The predicted octanol–water partition coefficient (Wildman–Crippen LogP) is 2.42. The molecule has 1 aromatic rings. The number of nitrogens with one attached hydrogen (secondary N) is 2. The minimum atomic E-state index is -3.72. The van der Waals surface area contributed by atoms with Gasteiger partial charge < -0.3 is 15.8 Å². The van der Waals surface area contributed by atoms with Crippen LogP contribution in [-0.2, 0) is 14.8 Å². The lowest BCUT2D eigenvalue weighted by Crippen LogP contribution is -2.34. The molecule has 1 amide bonds. The maximum Gasteiger partial charge on any atom is 0.407 e. The van der Waals surface area contributed by atoms with E-state index in [-0.39, 0.29) is 23.0 Å². The van der Waals surface area contributed by atoms with Crippen LogP contribution in [0.2, 0.25) is 5.02 Å². The van der Waals surface area contributed by atoms with E-state index in [4.69, 9.17) is 22.1 Å². The summed E-state index contributed by atoms with van der Waals surface area (Å²) in [5.41, 5.74) is 5.92. The van der Waals surface area contributed by atoms with Crippen molar-refractivity contribution in [2.45, 2.75) is 44.6 Å². The van der Waals surface area contributed by atoms with Gasteiger partial charge in [-0.05, 0) is 51.8 Å². The van der Waals surface area contributed by atoms with Gasteiger partial charge in [0.05, 0.1) is 4.90 Å². The summed E-state index contributed by atoms with van der Waals surface area (Å²) in [6, 6.07) is 2.86. The van der Waals surface area contributed by atoms with Gasteiger partial charge in [0.1, 0.15) is 5.60 Å². The van der Waals surface area contributed by atoms with Gasteiger partial charge in [0, 0.05) is 23.8 Å². The van der Waals surface area contributed by atoms with Crippen LogP contribution in [-0.4, -0.2) is 33.2 Å². The number of hydrogen-bond acceptors (Lipinski definition) is 5. The van der Waals surface area contributed by atoms with Crippen molar-refractivity contribution in [3.63, 3.8) is 0 Å². The Kier molecular flexibility index (Phi) is 6.88. The number of nitrogens with two attached hydrogens (primary N) is 1. The molecule has 0 saturated carbocycles. The van der Waals surface area contributed by atoms with Crippen molar-refractivity contribution in [3.05, 3.63) is 22.7 Å². The number of rotatable bonds is 6. The summed E-state index contributed by atoms with van der Waals surface area (Å²) in [4.78, 5) is 11.5. The van der Waals surface area contributed by atoms with Crippen molar-refractivity contribution in [2.75, 3.05) is 18.8 Å². The molecule has 7 nitrogen and oxygen atoms in total. The van der Waals surface area contributed by atoms with E-state index in [1.54, 1.807) is 27.7 Å². The minimum absolute atomic E-state index is 0.0487. The van der Waals surface area contributed by atoms with Crippen LogP contribution < -0.4 is 15.8 Å². The molecule has 4 N–H and O–H groups in total. The summed E-state index contributed by atoms with van der Waals surface area (Å²) in [5, 5.41) is 2.81. The molecule has 0 spiro atoms. The smallest absolute Gasteiger partial charge is 0.407 e. The first kappa shape index (κ1) is 20.5. The highest BCUT2D eigenvalue weighted by molar-refractivity contribution is 7.89. The number of nitrogen functional groups attached to an aromatic ring is 1. The van der Waals surface area contributed by atoms with Gasteiger partial charge in [-0.25, -0.2) is 17.9 Å². The molecular weight excluding hydrogens is 354 g/mol. The molecule has 0 fully saturated rings. The van der Waals surface area contributed by atoms with Gasteiger partial charge in [-0.2, -0.15) is 0 Å². The fraction of sp³-hybridized carbons (Fsp3) is 0.533. The molecule has 0 radical (unpaired) electrons. The van der Waals surface area contributed by atoms with Gasteiger partial charge in [-0.1, -0.05) is 11.6 Å². The average molecular weight is 378 g/mol. The Bertz CT molecular complexity index is 699. The van der Waals surface area contributed by atoms with Crippen LogP contribution in [0.4, 0.5) is 10.5 Å². The molecule has 0 aliphatic rings. The third-order valence-corrected chi connectivity index (χ3v) is 4.77. The van der Waals surface area contributed by atoms with E-state index in [2.05, 4.69) is 10.0 Å². The van der Waals surface area contributed by atoms with Crippen LogP contribution in [0, 0.1) is 6.92 Å². The second kappa shape index (κ2) is 8.04. The Morgan fingerprint density at radius 1 is 1.29 bits per heavy atom. The number of carbonyl (C=O) groups is 1. The first-order valence-corrected chi connectivity index (χ1v) is 9.30. The van der Waals surface area contributed by atoms with Gasteiger partial charge in [0.2, 0.25) is 10.0 Å². The average Bonchev–Trinajstić information content (AvgIpc) is 2.40. The van der Waals surface area contributed by atoms with Crippen LogP contribution in [0.25, 0.3) is 0 Å². The number of halogens is 1. The zero-order chi connectivity index (χ0) is 18.5. The molecule has 1 aromatic carbocycles. The Labute approximate surface area is 147 Å². The lowest BCUT2D eigenvalue weighted by molar-refractivity contribution is 0.0527. The van der Waals surface area contributed by atoms with E-state index in [9.17, 15) is 13.2 Å². The zero-order valence-corrected chi connectivity index (χ0v) is 15.8. The lowest BCUT2D eigenvalue weighted by atomic mass is 10.2. The van der Waals surface area contributed by atoms with E-state index >= 15 is 0 Å². The third-order valence-electron chi connectivity index (χ3n) is 2.97. The molecule has 0 atom stereocenters. The number of sulfonamides is 1. The third kappa shape index (κ3) is 6.54. The van der Waals surface area contributed by atoms with Crippen LogP contribution >= 0.6 is 11.6 Å². The summed E-state index contributed by atoms with van der Waals surface area (Å²) >= 11 is 5.87. The standard InChI is InChI=1S/C15H24ClN3O4S/c1-10-12(17)8-11(16)9-13(10)24(21,22)19-7-5-6-18-14(20)23-15(2,3)4/h8-9,19H,5-7,17H2,1-4H3,(H,18,20). The SMILES string of the molecule is Cc1c(N)cc(Cl)cc1S(=O)(=O)NCCCNC(=O)OC(C)(C)C. The van der Waals surface area contributed by atoms with Crippen molar-refractivity contribution < 1.29 is 17.9 Å². The fourth-order valence-electron chi connectivity index (χ4n) is 1.83. The number of benzene rings is 1. The van der Waals surface area contributed by atoms with Crippen LogP contribution in [0.1, 0.15) is 32.8 Å². The molecular formula is C15H24ClN3O4S. The number of amides is 1. The summed E-state index contributed by atoms with van der Waals surface area (Å²) in [5.74, 6) is 0. The van der Waals surface area contributed by atoms with E-state index in [1.165, 1.54) is 12.1 Å². The van der Waals surface area contributed by atoms with Crippen molar-refractivity contribution in [1.29, 1.82) is 0 Å². The number of alkyl carbamates (subject to hydrolysis) is 1. The lowest BCUT2D eigenvalue weighted by Gasteiger charge is -2.19. The summed E-state index contributed by atoms with van der Waals surface area (Å²) in [7, 11) is -3.72. The molecule has 9 heteroatoms. The first-order chi connectivity index (χ1) is 10.9. The highest BCUT2D eigenvalue weighted by Crippen LogP contribution is 2.25. The monoisotopic (exact) mass is 377 g/mol. The van der Waals surface area contributed by atoms with Crippen LogP contribution in [0.5, 0.6) is 0 Å². The normalized spacial score (nSPS) is 12.0. The van der Waals surface area contributed by atoms with Crippen LogP contribution in [0.15, 0.2) is 17.0 Å². The van der Waals surface area contributed by atoms with Crippen molar-refractivity contribution in [3.8, 4) is 0 Å². The number of carbonyl (C=O) groups excluding carboxylic acids is 1. The van der Waals surface area contributed by atoms with Crippen molar-refractivity contribution in [2.24, 2.45) is 0 Å². The molecule has 136 valence electrons. The van der Waals surface area contributed by atoms with Gasteiger partial charge in [-0.3, -0.25) is 0 Å². The van der Waals surface area contributed by atoms with E-state index < -0.39 is 21.7 Å². The topological polar surface area (TPSA) is 111 Å². The second-order valence-corrected chi connectivity index (χ2v) is 8.47. The number of ether oxygens (including phenoxy) is 1. The van der Waals surface area contributed by atoms with Gasteiger partial charge in [0.15, 0.2) is 0 Å². The first-order valence-electron chi connectivity index (χ1n) is 7.44. The minimum Gasteiger partial charge on any atom is -0.444 e. The van der Waals surface area contributed by atoms with E-state index in [0.29, 0.717) is 17.7 Å². The predicted molar refractivity (Wildman–Crippen MR) is 94.6 cm³/mol. The molecule has 0 bridgehead atoms. The molecule has 0 saturated heterocycles. The summed E-state index contributed by atoms with van der Waals surface area (Å²) in [6.45, 7) is 7.35. The Hall–Kier alpha value is -1.51. The summed E-state index contributed by atoms with van der Waals surface area (Å²) in [6.07, 6.45) is -0.128. The Morgan fingerprint density at radius 2 is 1.92 bits per heavy atom. The van der Waals surface area contributed by atoms with Crippen LogP contribution in [0.3, 0.4) is 0 Å². The van der Waals surface area contributed by atoms with Gasteiger partial charge >= 0.3 is 6.09 Å². The maximum atomic E-state index is 12.3. The number of hydrogen-bond donors (Lipinski definition) is 3. The molecule has 24 heavy (non-hydrogen) atoms. The molecule has 0 aliphatic heterocycles. The molecule has 1 rings (SSSR count). The van der Waals surface area contributed by atoms with E-state index in [0.717, 1.165) is 0 Å². The maximum absolute atomic E-state index is 12.3. The van der Waals surface area contributed by atoms with Gasteiger partial charge in [-0.15, -0.1) is 0 Å². The largest absolute Gasteiger partial charge is 0.444 e. The zero-order valence-electron chi connectivity index (χ0n) is 14.3. The van der Waals surface area contributed by atoms with Crippen molar-refractivity contribution >= 4 is 33.4 Å². The summed E-state index contributed by atoms with van der Waals surface area (Å²) < 4.78 is 32.1. The molecule has 0 heterocycles. The highest BCUT2D eigenvalue weighted by Gasteiger charge is 2.19. The van der Waals surface area contributed by atoms with Gasteiger partial charge in [0.25, 0.3) is 0 Å². The molecule has 0 aromatic heterocycles. The Balaban J connectivity index is 2.52. The number of anilines is 1.